The van der Waals surface area contributed by atoms with Gasteiger partial charge in [0.15, 0.2) is 0 Å². The SMILES string of the molecule is O=C(CCCCl)n1ncc2ccccc21. The molecule has 0 aliphatic heterocycles. The van der Waals surface area contributed by atoms with E-state index in [1.165, 1.54) is 4.68 Å². The highest BCUT2D eigenvalue weighted by atomic mass is 35.5. The fraction of sp³-hybridized carbons (Fsp3) is 0.273. The monoisotopic (exact) mass is 222 g/mol. The molecule has 1 aromatic heterocycles. The summed E-state index contributed by atoms with van der Waals surface area (Å²) in [7, 11) is 0. The highest BCUT2D eigenvalue weighted by Gasteiger charge is 2.08. The van der Waals surface area contributed by atoms with Gasteiger partial charge in [-0.2, -0.15) is 5.10 Å². The maximum absolute atomic E-state index is 11.7. The average molecular weight is 223 g/mol. The smallest absolute Gasteiger partial charge is 0.247 e. The van der Waals surface area contributed by atoms with Gasteiger partial charge in [-0.05, 0) is 12.5 Å². The molecule has 1 heterocycles. The highest BCUT2D eigenvalue weighted by Crippen LogP contribution is 2.13. The molecular formula is C11H11ClN2O. The minimum atomic E-state index is -0.00292. The number of fused-ring (bicyclic) bond motifs is 1. The normalized spacial score (nSPS) is 10.7. The molecule has 0 saturated carbocycles. The molecule has 0 unspecified atom stereocenters. The Balaban J connectivity index is 2.31. The first-order chi connectivity index (χ1) is 7.33. The number of aromatic nitrogens is 2. The van der Waals surface area contributed by atoms with Crippen LogP contribution in [0, 0.1) is 0 Å². The first-order valence-corrected chi connectivity index (χ1v) is 5.38. The summed E-state index contributed by atoms with van der Waals surface area (Å²) in [6.07, 6.45) is 2.83. The van der Waals surface area contributed by atoms with E-state index in [0.29, 0.717) is 18.7 Å². The first kappa shape index (κ1) is 10.2. The van der Waals surface area contributed by atoms with Crippen LogP contribution in [0.5, 0.6) is 0 Å². The second kappa shape index (κ2) is 4.45. The Hall–Kier alpha value is -1.35. The maximum Gasteiger partial charge on any atom is 0.247 e. The van der Waals surface area contributed by atoms with Crippen molar-refractivity contribution in [3.63, 3.8) is 0 Å². The van der Waals surface area contributed by atoms with E-state index in [0.717, 1.165) is 10.9 Å². The molecule has 0 aliphatic rings. The number of carbonyl (C=O) groups is 1. The van der Waals surface area contributed by atoms with Crippen LogP contribution in [0.1, 0.15) is 17.6 Å². The summed E-state index contributed by atoms with van der Waals surface area (Å²) in [5.41, 5.74) is 0.858. The molecule has 0 aliphatic carbocycles. The Labute approximate surface area is 92.6 Å². The molecule has 4 heteroatoms. The third kappa shape index (κ3) is 2.02. The molecule has 15 heavy (non-hydrogen) atoms. The lowest BCUT2D eigenvalue weighted by atomic mass is 10.2. The van der Waals surface area contributed by atoms with E-state index in [9.17, 15) is 4.79 Å². The van der Waals surface area contributed by atoms with Crippen molar-refractivity contribution in [1.82, 2.24) is 9.78 Å². The zero-order valence-electron chi connectivity index (χ0n) is 8.19. The van der Waals surface area contributed by atoms with Crippen LogP contribution in [0.15, 0.2) is 30.5 Å². The maximum atomic E-state index is 11.7. The minimum Gasteiger partial charge on any atom is -0.273 e. The molecule has 2 rings (SSSR count). The van der Waals surface area contributed by atoms with E-state index in [1.807, 2.05) is 24.3 Å². The van der Waals surface area contributed by atoms with Crippen LogP contribution in [0.4, 0.5) is 0 Å². The van der Waals surface area contributed by atoms with Gasteiger partial charge in [0.05, 0.1) is 11.7 Å². The number of carbonyl (C=O) groups excluding carboxylic acids is 1. The van der Waals surface area contributed by atoms with Crippen molar-refractivity contribution in [2.45, 2.75) is 12.8 Å². The van der Waals surface area contributed by atoms with Crippen LogP contribution in [0.25, 0.3) is 10.9 Å². The summed E-state index contributed by atoms with van der Waals surface area (Å²) in [4.78, 5) is 11.7. The lowest BCUT2D eigenvalue weighted by Crippen LogP contribution is -2.11. The number of nitrogens with zero attached hydrogens (tertiary/aromatic N) is 2. The largest absolute Gasteiger partial charge is 0.273 e. The summed E-state index contributed by atoms with van der Waals surface area (Å²) in [5.74, 6) is 0.502. The second-order valence-electron chi connectivity index (χ2n) is 3.30. The quantitative estimate of drug-likeness (QED) is 0.749. The lowest BCUT2D eigenvalue weighted by Gasteiger charge is -2.00. The second-order valence-corrected chi connectivity index (χ2v) is 3.68. The van der Waals surface area contributed by atoms with E-state index in [-0.39, 0.29) is 5.91 Å². The third-order valence-electron chi connectivity index (χ3n) is 2.24. The Morgan fingerprint density at radius 3 is 3.00 bits per heavy atom. The van der Waals surface area contributed by atoms with Gasteiger partial charge in [-0.15, -0.1) is 11.6 Å². The summed E-state index contributed by atoms with van der Waals surface area (Å²) >= 11 is 5.54. The fourth-order valence-electron chi connectivity index (χ4n) is 1.49. The van der Waals surface area contributed by atoms with Crippen molar-refractivity contribution in [2.75, 3.05) is 5.88 Å². The molecule has 0 radical (unpaired) electrons. The van der Waals surface area contributed by atoms with Gasteiger partial charge in [0, 0.05) is 17.7 Å². The molecule has 1 aromatic carbocycles. The van der Waals surface area contributed by atoms with Gasteiger partial charge in [0.2, 0.25) is 5.91 Å². The average Bonchev–Trinajstić information content (AvgIpc) is 2.69. The number of rotatable bonds is 3. The third-order valence-corrected chi connectivity index (χ3v) is 2.51. The molecule has 0 N–H and O–H groups in total. The molecule has 0 spiro atoms. The Morgan fingerprint density at radius 1 is 1.40 bits per heavy atom. The zero-order valence-corrected chi connectivity index (χ0v) is 8.94. The van der Waals surface area contributed by atoms with Crippen LogP contribution in [-0.2, 0) is 0 Å². The summed E-state index contributed by atoms with van der Waals surface area (Å²) in [6, 6.07) is 7.65. The van der Waals surface area contributed by atoms with E-state index in [4.69, 9.17) is 11.6 Å². The molecule has 3 nitrogen and oxygen atoms in total. The molecule has 0 amide bonds. The van der Waals surface area contributed by atoms with Gasteiger partial charge >= 0.3 is 0 Å². The van der Waals surface area contributed by atoms with Gasteiger partial charge in [-0.1, -0.05) is 18.2 Å². The summed E-state index contributed by atoms with van der Waals surface area (Å²) in [5, 5.41) is 5.06. The number of alkyl halides is 1. The topological polar surface area (TPSA) is 34.9 Å². The van der Waals surface area contributed by atoms with Gasteiger partial charge in [-0.25, -0.2) is 4.68 Å². The molecule has 2 aromatic rings. The molecule has 78 valence electrons. The van der Waals surface area contributed by atoms with E-state index < -0.39 is 0 Å². The molecule has 0 bridgehead atoms. The molecule has 0 atom stereocenters. The summed E-state index contributed by atoms with van der Waals surface area (Å²) in [6.45, 7) is 0. The molecule has 0 saturated heterocycles. The van der Waals surface area contributed by atoms with Crippen molar-refractivity contribution in [2.24, 2.45) is 0 Å². The standard InChI is InChI=1S/C11H11ClN2O/c12-7-3-6-11(15)14-10-5-2-1-4-9(10)8-13-14/h1-2,4-5,8H,3,6-7H2. The number of hydrogen-bond acceptors (Lipinski definition) is 2. The zero-order chi connectivity index (χ0) is 10.7. The van der Waals surface area contributed by atoms with Crippen LogP contribution in [0.2, 0.25) is 0 Å². The van der Waals surface area contributed by atoms with E-state index >= 15 is 0 Å². The number of para-hydroxylation sites is 1. The Morgan fingerprint density at radius 2 is 2.20 bits per heavy atom. The van der Waals surface area contributed by atoms with Crippen LogP contribution in [0.3, 0.4) is 0 Å². The van der Waals surface area contributed by atoms with Gasteiger partial charge < -0.3 is 0 Å². The number of benzene rings is 1. The Kier molecular flexibility index (Phi) is 3.02. The van der Waals surface area contributed by atoms with Crippen LogP contribution >= 0.6 is 11.6 Å². The van der Waals surface area contributed by atoms with Crippen molar-refractivity contribution in [1.29, 1.82) is 0 Å². The van der Waals surface area contributed by atoms with Gasteiger partial charge in [0.25, 0.3) is 0 Å². The van der Waals surface area contributed by atoms with Gasteiger partial charge in [-0.3, -0.25) is 4.79 Å². The van der Waals surface area contributed by atoms with Gasteiger partial charge in [0.1, 0.15) is 0 Å². The number of halogens is 1. The predicted molar refractivity (Wildman–Crippen MR) is 60.3 cm³/mol. The first-order valence-electron chi connectivity index (χ1n) is 4.85. The van der Waals surface area contributed by atoms with Crippen molar-refractivity contribution < 1.29 is 4.79 Å². The van der Waals surface area contributed by atoms with Crippen LogP contribution in [-0.4, -0.2) is 21.6 Å². The highest BCUT2D eigenvalue weighted by molar-refractivity contribution is 6.17. The van der Waals surface area contributed by atoms with E-state index in [2.05, 4.69) is 5.10 Å². The van der Waals surface area contributed by atoms with Crippen LogP contribution < -0.4 is 0 Å². The Bertz CT molecular complexity index is 478. The fourth-order valence-corrected chi connectivity index (χ4v) is 1.63. The summed E-state index contributed by atoms with van der Waals surface area (Å²) < 4.78 is 1.45. The van der Waals surface area contributed by atoms with Crippen molar-refractivity contribution in [3.05, 3.63) is 30.5 Å². The van der Waals surface area contributed by atoms with Crippen molar-refractivity contribution >= 4 is 28.4 Å². The molecular weight excluding hydrogens is 212 g/mol. The minimum absolute atomic E-state index is 0.00292. The van der Waals surface area contributed by atoms with E-state index in [1.54, 1.807) is 6.20 Å². The van der Waals surface area contributed by atoms with Crippen molar-refractivity contribution in [3.8, 4) is 0 Å². The molecule has 0 fully saturated rings. The predicted octanol–water partition coefficient (Wildman–Crippen LogP) is 2.70. The number of hydrogen-bond donors (Lipinski definition) is 0. The lowest BCUT2D eigenvalue weighted by molar-refractivity contribution is 0.0892.